The van der Waals surface area contributed by atoms with Crippen LogP contribution in [-0.2, 0) is 6.54 Å². The molecule has 0 saturated heterocycles. The van der Waals surface area contributed by atoms with Gasteiger partial charge in [-0.25, -0.2) is 0 Å². The van der Waals surface area contributed by atoms with Crippen LogP contribution in [0.4, 0.5) is 17.1 Å². The van der Waals surface area contributed by atoms with Gasteiger partial charge >= 0.3 is 0 Å². The van der Waals surface area contributed by atoms with E-state index in [-0.39, 0.29) is 0 Å². The Morgan fingerprint density at radius 3 is 2.73 bits per heavy atom. The average Bonchev–Trinajstić information content (AvgIpc) is 3.38. The minimum atomic E-state index is 0.461. The number of halogens is 1. The van der Waals surface area contributed by atoms with Crippen LogP contribution in [0.2, 0.25) is 5.02 Å². The number of thiophene rings is 1. The van der Waals surface area contributed by atoms with Crippen molar-refractivity contribution >= 4 is 50.9 Å². The number of rotatable bonds is 6. The van der Waals surface area contributed by atoms with Crippen LogP contribution in [0.15, 0.2) is 83.9 Å². The van der Waals surface area contributed by atoms with Gasteiger partial charge in [-0.05, 0) is 64.4 Å². The van der Waals surface area contributed by atoms with Crippen molar-refractivity contribution in [3.8, 4) is 17.2 Å². The SMILES string of the molecule is N#Cc1cnc2c(-c3ccsc3)cc(NCc3cccnc3)cc2c1Nc1cccc(Cl)c1. The van der Waals surface area contributed by atoms with Gasteiger partial charge in [0.1, 0.15) is 6.07 Å². The number of anilines is 3. The van der Waals surface area contributed by atoms with E-state index in [0.717, 1.165) is 39.0 Å². The van der Waals surface area contributed by atoms with Gasteiger partial charge < -0.3 is 10.6 Å². The van der Waals surface area contributed by atoms with Crippen molar-refractivity contribution in [2.75, 3.05) is 10.6 Å². The van der Waals surface area contributed by atoms with Gasteiger partial charge in [-0.15, -0.1) is 0 Å². The predicted molar refractivity (Wildman–Crippen MR) is 136 cm³/mol. The highest BCUT2D eigenvalue weighted by Crippen LogP contribution is 2.38. The van der Waals surface area contributed by atoms with Gasteiger partial charge in [0.15, 0.2) is 0 Å². The van der Waals surface area contributed by atoms with E-state index in [4.69, 9.17) is 11.6 Å². The van der Waals surface area contributed by atoms with E-state index in [1.54, 1.807) is 23.7 Å². The summed E-state index contributed by atoms with van der Waals surface area (Å²) in [5.41, 5.74) is 6.88. The number of nitriles is 1. The molecule has 5 aromatic rings. The zero-order valence-corrected chi connectivity index (χ0v) is 19.0. The number of pyridine rings is 2. The van der Waals surface area contributed by atoms with E-state index in [0.29, 0.717) is 22.8 Å². The fourth-order valence-corrected chi connectivity index (χ4v) is 4.53. The van der Waals surface area contributed by atoms with Crippen LogP contribution in [0.25, 0.3) is 22.0 Å². The normalized spacial score (nSPS) is 10.7. The van der Waals surface area contributed by atoms with E-state index in [1.165, 1.54) is 0 Å². The van der Waals surface area contributed by atoms with Crippen molar-refractivity contribution in [3.63, 3.8) is 0 Å². The number of nitrogens with one attached hydrogen (secondary N) is 2. The molecule has 0 bridgehead atoms. The molecule has 0 saturated carbocycles. The highest BCUT2D eigenvalue weighted by Gasteiger charge is 2.15. The monoisotopic (exact) mass is 467 g/mol. The Balaban J connectivity index is 1.66. The average molecular weight is 468 g/mol. The number of nitrogens with zero attached hydrogens (tertiary/aromatic N) is 3. The lowest BCUT2D eigenvalue weighted by molar-refractivity contribution is 1.11. The summed E-state index contributed by atoms with van der Waals surface area (Å²) in [7, 11) is 0. The van der Waals surface area contributed by atoms with Crippen LogP contribution in [0.5, 0.6) is 0 Å². The molecule has 5 nitrogen and oxygen atoms in total. The number of benzene rings is 2. The number of hydrogen-bond acceptors (Lipinski definition) is 6. The van der Waals surface area contributed by atoms with Crippen LogP contribution in [0.3, 0.4) is 0 Å². The summed E-state index contributed by atoms with van der Waals surface area (Å²) in [4.78, 5) is 8.86. The van der Waals surface area contributed by atoms with Crippen molar-refractivity contribution in [1.29, 1.82) is 5.26 Å². The first kappa shape index (κ1) is 21.0. The maximum Gasteiger partial charge on any atom is 0.103 e. The third kappa shape index (κ3) is 4.51. The lowest BCUT2D eigenvalue weighted by Gasteiger charge is -2.16. The Bertz CT molecular complexity index is 1460. The first-order valence-corrected chi connectivity index (χ1v) is 11.6. The maximum absolute atomic E-state index is 9.81. The van der Waals surface area contributed by atoms with Gasteiger partial charge in [0.05, 0.1) is 16.8 Å². The molecule has 3 aromatic heterocycles. The Morgan fingerprint density at radius 2 is 1.97 bits per heavy atom. The molecule has 0 fully saturated rings. The van der Waals surface area contributed by atoms with E-state index in [9.17, 15) is 5.26 Å². The summed E-state index contributed by atoms with van der Waals surface area (Å²) in [6.07, 6.45) is 5.22. The molecule has 0 aliphatic heterocycles. The largest absolute Gasteiger partial charge is 0.381 e. The van der Waals surface area contributed by atoms with Crippen molar-refractivity contribution in [3.05, 3.63) is 100 Å². The minimum absolute atomic E-state index is 0.461. The molecule has 0 aliphatic rings. The zero-order chi connectivity index (χ0) is 22.6. The molecule has 33 heavy (non-hydrogen) atoms. The fraction of sp³-hybridized carbons (Fsp3) is 0.0385. The predicted octanol–water partition coefficient (Wildman–Crippen LogP) is 7.24. The van der Waals surface area contributed by atoms with Crippen LogP contribution in [0.1, 0.15) is 11.1 Å². The topological polar surface area (TPSA) is 73.6 Å². The van der Waals surface area contributed by atoms with E-state index >= 15 is 0 Å². The van der Waals surface area contributed by atoms with Crippen LogP contribution >= 0.6 is 22.9 Å². The second-order valence-corrected chi connectivity index (χ2v) is 8.66. The van der Waals surface area contributed by atoms with E-state index in [1.807, 2.05) is 54.0 Å². The summed E-state index contributed by atoms with van der Waals surface area (Å²) in [5.74, 6) is 0. The third-order valence-corrected chi connectivity index (χ3v) is 6.16. The highest BCUT2D eigenvalue weighted by atomic mass is 35.5. The smallest absolute Gasteiger partial charge is 0.103 e. The maximum atomic E-state index is 9.81. The van der Waals surface area contributed by atoms with Crippen LogP contribution < -0.4 is 10.6 Å². The Labute approximate surface area is 200 Å². The van der Waals surface area contributed by atoms with Crippen LogP contribution in [-0.4, -0.2) is 9.97 Å². The summed E-state index contributed by atoms with van der Waals surface area (Å²) in [6, 6.07) is 19.9. The molecular weight excluding hydrogens is 450 g/mol. The molecule has 160 valence electrons. The zero-order valence-electron chi connectivity index (χ0n) is 17.4. The molecule has 0 aliphatic carbocycles. The third-order valence-electron chi connectivity index (χ3n) is 5.24. The number of fused-ring (bicyclic) bond motifs is 1. The van der Waals surface area contributed by atoms with Crippen molar-refractivity contribution in [1.82, 2.24) is 9.97 Å². The molecule has 0 spiro atoms. The standard InChI is InChI=1S/C26H18ClN5S/c27-20-4-1-5-21(9-20)32-25-19(12-28)15-31-26-23(18-6-8-33-16-18)10-22(11-24(25)26)30-14-17-3-2-7-29-13-17/h1-11,13,15-16,30H,14H2,(H,31,32). The molecule has 5 rings (SSSR count). The lowest BCUT2D eigenvalue weighted by atomic mass is 10.0. The fourth-order valence-electron chi connectivity index (χ4n) is 3.68. The number of hydrogen-bond donors (Lipinski definition) is 2. The molecule has 0 unspecified atom stereocenters. The molecule has 0 amide bonds. The second kappa shape index (κ2) is 9.29. The molecular formula is C26H18ClN5S. The lowest BCUT2D eigenvalue weighted by Crippen LogP contribution is -2.02. The van der Waals surface area contributed by atoms with Gasteiger partial charge in [-0.2, -0.15) is 16.6 Å². The minimum Gasteiger partial charge on any atom is -0.381 e. The molecule has 0 radical (unpaired) electrons. The first-order valence-electron chi connectivity index (χ1n) is 10.3. The van der Waals surface area contributed by atoms with E-state index < -0.39 is 0 Å². The van der Waals surface area contributed by atoms with Gasteiger partial charge in [0.2, 0.25) is 0 Å². The van der Waals surface area contributed by atoms with Crippen molar-refractivity contribution < 1.29 is 0 Å². The van der Waals surface area contributed by atoms with Crippen LogP contribution in [0, 0.1) is 11.3 Å². The molecule has 0 atom stereocenters. The van der Waals surface area contributed by atoms with Gasteiger partial charge in [-0.3, -0.25) is 9.97 Å². The summed E-state index contributed by atoms with van der Waals surface area (Å²) < 4.78 is 0. The molecule has 2 aromatic carbocycles. The summed E-state index contributed by atoms with van der Waals surface area (Å²) in [5, 5.41) is 22.3. The van der Waals surface area contributed by atoms with Crippen molar-refractivity contribution in [2.45, 2.75) is 6.54 Å². The number of aromatic nitrogens is 2. The van der Waals surface area contributed by atoms with Gasteiger partial charge in [0, 0.05) is 52.5 Å². The van der Waals surface area contributed by atoms with E-state index in [2.05, 4.69) is 44.2 Å². The second-order valence-electron chi connectivity index (χ2n) is 7.44. The Hall–Kier alpha value is -3.92. The molecule has 2 N–H and O–H groups in total. The quantitative estimate of drug-likeness (QED) is 0.275. The molecule has 7 heteroatoms. The summed E-state index contributed by atoms with van der Waals surface area (Å²) >= 11 is 7.83. The Kier molecular flexibility index (Phi) is 5.90. The molecule has 3 heterocycles. The highest BCUT2D eigenvalue weighted by molar-refractivity contribution is 7.08. The van der Waals surface area contributed by atoms with Gasteiger partial charge in [0.25, 0.3) is 0 Å². The van der Waals surface area contributed by atoms with Crippen molar-refractivity contribution in [2.24, 2.45) is 0 Å². The van der Waals surface area contributed by atoms with Gasteiger partial charge in [-0.1, -0.05) is 23.7 Å². The summed E-state index contributed by atoms with van der Waals surface area (Å²) in [6.45, 7) is 0.630. The first-order chi connectivity index (χ1) is 16.2. The Morgan fingerprint density at radius 1 is 1.03 bits per heavy atom.